The molecule has 1 aromatic carbocycles. The van der Waals surface area contributed by atoms with Crippen LogP contribution in [-0.2, 0) is 17.8 Å². The maximum Gasteiger partial charge on any atom is 0.416 e. The van der Waals surface area contributed by atoms with Crippen molar-refractivity contribution in [1.82, 2.24) is 10.6 Å². The van der Waals surface area contributed by atoms with Crippen LogP contribution in [0.4, 0.5) is 26.3 Å². The van der Waals surface area contributed by atoms with Crippen molar-refractivity contribution >= 4 is 12.1 Å². The van der Waals surface area contributed by atoms with Crippen molar-refractivity contribution in [3.05, 3.63) is 52.4 Å². The molecule has 2 rings (SSSR count). The summed E-state index contributed by atoms with van der Waals surface area (Å²) < 4.78 is 81.8. The van der Waals surface area contributed by atoms with Crippen LogP contribution in [0.3, 0.4) is 0 Å². The molecule has 0 radical (unpaired) electrons. The molecule has 0 bridgehead atoms. The highest BCUT2D eigenvalue weighted by atomic mass is 19.4. The first-order valence-electron chi connectivity index (χ1n) is 7.78. The van der Waals surface area contributed by atoms with Crippen molar-refractivity contribution in [3.63, 3.8) is 0 Å². The Morgan fingerprint density at radius 3 is 1.96 bits per heavy atom. The van der Waals surface area contributed by atoms with E-state index < -0.39 is 40.4 Å². The van der Waals surface area contributed by atoms with Crippen LogP contribution in [-0.4, -0.2) is 17.3 Å². The first-order chi connectivity index (χ1) is 12.7. The summed E-state index contributed by atoms with van der Waals surface area (Å²) in [7, 11) is 0. The van der Waals surface area contributed by atoms with E-state index in [2.05, 4.69) is 10.3 Å². The van der Waals surface area contributed by atoms with Gasteiger partial charge in [-0.25, -0.2) is 5.43 Å². The van der Waals surface area contributed by atoms with Gasteiger partial charge in [0.05, 0.1) is 17.3 Å². The van der Waals surface area contributed by atoms with E-state index >= 15 is 0 Å². The van der Waals surface area contributed by atoms with Gasteiger partial charge < -0.3 is 4.52 Å². The summed E-state index contributed by atoms with van der Waals surface area (Å²) in [5, 5.41) is 6.94. The predicted molar refractivity (Wildman–Crippen MR) is 86.7 cm³/mol. The van der Waals surface area contributed by atoms with Crippen LogP contribution in [0.25, 0.3) is 0 Å². The fourth-order valence-corrected chi connectivity index (χ4v) is 2.01. The van der Waals surface area contributed by atoms with E-state index in [9.17, 15) is 31.1 Å². The Morgan fingerprint density at radius 2 is 1.54 bits per heavy atom. The Labute approximate surface area is 155 Å². The number of carbonyl (C=O) groups excluding carboxylic acids is 1. The van der Waals surface area contributed by atoms with E-state index in [1.54, 1.807) is 0 Å². The van der Waals surface area contributed by atoms with Gasteiger partial charge in [0, 0.05) is 11.5 Å². The normalized spacial score (nSPS) is 13.2. The molecule has 0 saturated carbocycles. The minimum absolute atomic E-state index is 0.000654. The summed E-state index contributed by atoms with van der Waals surface area (Å²) in [5.74, 6) is -0.423. The third kappa shape index (κ3) is 5.33. The number of aromatic nitrogens is 1. The molecule has 0 saturated heterocycles. The fourth-order valence-electron chi connectivity index (χ4n) is 2.01. The highest BCUT2D eigenvalue weighted by Crippen LogP contribution is 2.36. The number of halogens is 6. The number of alkyl halides is 6. The number of amides is 1. The van der Waals surface area contributed by atoms with Crippen molar-refractivity contribution in [3.8, 4) is 0 Å². The highest BCUT2D eigenvalue weighted by molar-refractivity contribution is 5.93. The Bertz CT molecular complexity index is 859. The van der Waals surface area contributed by atoms with Gasteiger partial charge in [0.15, 0.2) is 5.69 Å². The van der Waals surface area contributed by atoms with Crippen LogP contribution in [0.15, 0.2) is 33.9 Å². The van der Waals surface area contributed by atoms with Gasteiger partial charge in [0.2, 0.25) is 0 Å². The minimum atomic E-state index is -4.98. The van der Waals surface area contributed by atoms with E-state index in [0.29, 0.717) is 24.1 Å². The Balaban J connectivity index is 2.21. The second-order valence-corrected chi connectivity index (χ2v) is 6.86. The predicted octanol–water partition coefficient (Wildman–Crippen LogP) is 4.77. The SMILES string of the molecule is CC(C)(C)c1cc(C(=O)N/N=C/c2cc(C(F)(F)F)cc(C(F)(F)F)c2)no1. The molecule has 28 heavy (non-hydrogen) atoms. The van der Waals surface area contributed by atoms with Gasteiger partial charge in [-0.15, -0.1) is 0 Å². The highest BCUT2D eigenvalue weighted by Gasteiger charge is 2.36. The molecule has 1 aromatic heterocycles. The number of hydrazone groups is 1. The van der Waals surface area contributed by atoms with Crippen LogP contribution >= 0.6 is 0 Å². The smallest absolute Gasteiger partial charge is 0.360 e. The zero-order valence-electron chi connectivity index (χ0n) is 14.9. The number of hydrogen-bond donors (Lipinski definition) is 1. The number of carbonyl (C=O) groups is 1. The lowest BCUT2D eigenvalue weighted by Gasteiger charge is -2.12. The summed E-state index contributed by atoms with van der Waals surface area (Å²) in [4.78, 5) is 11.9. The second kappa shape index (κ2) is 7.28. The van der Waals surface area contributed by atoms with E-state index in [1.165, 1.54) is 6.07 Å². The average Bonchev–Trinajstić information content (AvgIpc) is 3.03. The number of rotatable bonds is 3. The van der Waals surface area contributed by atoms with Crippen LogP contribution < -0.4 is 5.43 Å². The van der Waals surface area contributed by atoms with Crippen LogP contribution in [0, 0.1) is 0 Å². The molecule has 0 fully saturated rings. The van der Waals surface area contributed by atoms with Crippen molar-refractivity contribution in [2.75, 3.05) is 0 Å². The van der Waals surface area contributed by atoms with E-state index in [-0.39, 0.29) is 11.8 Å². The molecule has 11 heteroatoms. The van der Waals surface area contributed by atoms with Gasteiger partial charge in [-0.1, -0.05) is 25.9 Å². The summed E-state index contributed by atoms with van der Waals surface area (Å²) in [6.45, 7) is 5.46. The lowest BCUT2D eigenvalue weighted by atomic mass is 9.93. The third-order valence-corrected chi connectivity index (χ3v) is 3.47. The van der Waals surface area contributed by atoms with Gasteiger partial charge in [-0.2, -0.15) is 31.4 Å². The quantitative estimate of drug-likeness (QED) is 0.453. The summed E-state index contributed by atoms with van der Waals surface area (Å²) >= 11 is 0. The standard InChI is InChI=1S/C17H15F6N3O2/c1-15(2,3)13-7-12(26-28-13)14(27)25-24-8-9-4-10(16(18,19)20)6-11(5-9)17(21,22)23/h4-8H,1-3H3,(H,25,27)/b24-8+. The molecule has 1 heterocycles. The monoisotopic (exact) mass is 407 g/mol. The lowest BCUT2D eigenvalue weighted by molar-refractivity contribution is -0.143. The fraction of sp³-hybridized carbons (Fsp3) is 0.353. The topological polar surface area (TPSA) is 67.5 Å². The molecule has 0 unspecified atom stereocenters. The molecule has 0 aliphatic heterocycles. The largest absolute Gasteiger partial charge is 0.416 e. The van der Waals surface area contributed by atoms with Crippen molar-refractivity contribution < 1.29 is 35.7 Å². The van der Waals surface area contributed by atoms with Crippen LogP contribution in [0.2, 0.25) is 0 Å². The zero-order chi connectivity index (χ0) is 21.3. The molecule has 0 aliphatic carbocycles. The molecular formula is C17H15F6N3O2. The van der Waals surface area contributed by atoms with E-state index in [4.69, 9.17) is 4.52 Å². The van der Waals surface area contributed by atoms with E-state index in [0.717, 1.165) is 0 Å². The average molecular weight is 407 g/mol. The maximum absolute atomic E-state index is 12.8. The molecule has 2 aromatic rings. The molecular weight excluding hydrogens is 392 g/mol. The Kier molecular flexibility index (Phi) is 5.58. The van der Waals surface area contributed by atoms with Gasteiger partial charge >= 0.3 is 12.4 Å². The maximum atomic E-state index is 12.8. The van der Waals surface area contributed by atoms with Crippen LogP contribution in [0.1, 0.15) is 53.7 Å². The molecule has 152 valence electrons. The molecule has 0 spiro atoms. The van der Waals surface area contributed by atoms with Gasteiger partial charge in [-0.3, -0.25) is 4.79 Å². The van der Waals surface area contributed by atoms with Crippen molar-refractivity contribution in [1.29, 1.82) is 0 Å². The summed E-state index contributed by atoms with van der Waals surface area (Å²) in [6.07, 6.45) is -9.28. The van der Waals surface area contributed by atoms with E-state index in [1.807, 2.05) is 26.2 Å². The summed E-state index contributed by atoms with van der Waals surface area (Å²) in [6, 6.07) is 2.33. The first-order valence-corrected chi connectivity index (χ1v) is 7.78. The minimum Gasteiger partial charge on any atom is -0.360 e. The molecule has 0 atom stereocenters. The molecule has 1 amide bonds. The van der Waals surface area contributed by atoms with Gasteiger partial charge in [0.1, 0.15) is 5.76 Å². The number of hydrogen-bond acceptors (Lipinski definition) is 4. The zero-order valence-corrected chi connectivity index (χ0v) is 14.9. The Hall–Kier alpha value is -2.85. The molecule has 5 nitrogen and oxygen atoms in total. The number of nitrogens with one attached hydrogen (secondary N) is 1. The Morgan fingerprint density at radius 1 is 1.00 bits per heavy atom. The van der Waals surface area contributed by atoms with Crippen molar-refractivity contribution in [2.45, 2.75) is 38.5 Å². The molecule has 0 aliphatic rings. The first kappa shape index (κ1) is 21.5. The van der Waals surface area contributed by atoms with Crippen LogP contribution in [0.5, 0.6) is 0 Å². The van der Waals surface area contributed by atoms with Gasteiger partial charge in [0.25, 0.3) is 5.91 Å². The summed E-state index contributed by atoms with van der Waals surface area (Å²) in [5.41, 5.74) is -2.04. The van der Waals surface area contributed by atoms with Gasteiger partial charge in [-0.05, 0) is 23.8 Å². The third-order valence-electron chi connectivity index (χ3n) is 3.47. The number of benzene rings is 1. The second-order valence-electron chi connectivity index (χ2n) is 6.86. The van der Waals surface area contributed by atoms with Crippen molar-refractivity contribution in [2.24, 2.45) is 5.10 Å². The number of nitrogens with zero attached hydrogens (tertiary/aromatic N) is 2. The molecule has 1 N–H and O–H groups in total. The lowest BCUT2D eigenvalue weighted by Crippen LogP contribution is -2.18.